The second kappa shape index (κ2) is 5.15. The predicted molar refractivity (Wildman–Crippen MR) is 65.9 cm³/mol. The van der Waals surface area contributed by atoms with Crippen molar-refractivity contribution < 1.29 is 4.74 Å². The molecule has 1 aromatic heterocycles. The minimum absolute atomic E-state index is 0.213. The average molecular weight is 231 g/mol. The highest BCUT2D eigenvalue weighted by Crippen LogP contribution is 2.17. The minimum Gasteiger partial charge on any atom is -0.377 e. The molecule has 90 valence electrons. The summed E-state index contributed by atoms with van der Waals surface area (Å²) in [5, 5.41) is 8.97. The molecule has 2 heterocycles. The Morgan fingerprint density at radius 1 is 1.53 bits per heavy atom. The molecule has 0 N–H and O–H groups in total. The van der Waals surface area contributed by atoms with E-state index in [-0.39, 0.29) is 6.10 Å². The van der Waals surface area contributed by atoms with Gasteiger partial charge in [-0.05, 0) is 32.4 Å². The van der Waals surface area contributed by atoms with E-state index in [1.165, 1.54) is 0 Å². The van der Waals surface area contributed by atoms with E-state index < -0.39 is 0 Å². The minimum atomic E-state index is 0.213. The second-order valence-electron chi connectivity index (χ2n) is 4.45. The van der Waals surface area contributed by atoms with Crippen molar-refractivity contribution in [2.24, 2.45) is 0 Å². The Balaban J connectivity index is 2.26. The molecule has 1 aromatic rings. The summed E-state index contributed by atoms with van der Waals surface area (Å²) in [7, 11) is 0. The van der Waals surface area contributed by atoms with Crippen LogP contribution >= 0.6 is 0 Å². The predicted octanol–water partition coefficient (Wildman–Crippen LogP) is 1.88. The van der Waals surface area contributed by atoms with Crippen LogP contribution in [0.3, 0.4) is 0 Å². The van der Waals surface area contributed by atoms with Gasteiger partial charge in [-0.2, -0.15) is 5.26 Å². The Hall–Kier alpha value is -1.60. The molecule has 0 spiro atoms. The number of aromatic nitrogens is 1. The molecule has 0 radical (unpaired) electrons. The lowest BCUT2D eigenvalue weighted by molar-refractivity contribution is 0.0820. The van der Waals surface area contributed by atoms with Crippen LogP contribution in [0.5, 0.6) is 0 Å². The first-order valence-corrected chi connectivity index (χ1v) is 5.94. The third kappa shape index (κ3) is 2.95. The van der Waals surface area contributed by atoms with Crippen LogP contribution < -0.4 is 4.90 Å². The van der Waals surface area contributed by atoms with E-state index in [0.29, 0.717) is 5.56 Å². The molecule has 0 aliphatic carbocycles. The molecule has 4 nitrogen and oxygen atoms in total. The number of pyridine rings is 1. The second-order valence-corrected chi connectivity index (χ2v) is 4.45. The van der Waals surface area contributed by atoms with Crippen LogP contribution in [0.15, 0.2) is 12.1 Å². The summed E-state index contributed by atoms with van der Waals surface area (Å²) in [6.07, 6.45) is 1.22. The maximum absolute atomic E-state index is 8.97. The summed E-state index contributed by atoms with van der Waals surface area (Å²) in [6.45, 7) is 6.56. The summed E-state index contributed by atoms with van der Waals surface area (Å²) in [4.78, 5) is 6.70. The molecule has 0 aromatic carbocycles. The van der Waals surface area contributed by atoms with Crippen molar-refractivity contribution in [3.8, 4) is 6.07 Å². The lowest BCUT2D eigenvalue weighted by Crippen LogP contribution is -2.31. The first-order chi connectivity index (χ1) is 8.19. The van der Waals surface area contributed by atoms with Crippen LogP contribution in [0.2, 0.25) is 0 Å². The molecule has 1 atom stereocenters. The number of hydrogen-bond acceptors (Lipinski definition) is 4. The third-order valence-corrected chi connectivity index (χ3v) is 2.85. The van der Waals surface area contributed by atoms with Crippen molar-refractivity contribution in [2.75, 3.05) is 24.6 Å². The third-order valence-electron chi connectivity index (χ3n) is 2.85. The first-order valence-electron chi connectivity index (χ1n) is 5.94. The Bertz CT molecular complexity index is 439. The molecular formula is C13H17N3O. The molecule has 1 aliphatic rings. The summed E-state index contributed by atoms with van der Waals surface area (Å²) >= 11 is 0. The van der Waals surface area contributed by atoms with E-state index in [0.717, 1.165) is 37.6 Å². The van der Waals surface area contributed by atoms with Gasteiger partial charge in [0.25, 0.3) is 0 Å². The van der Waals surface area contributed by atoms with E-state index >= 15 is 0 Å². The van der Waals surface area contributed by atoms with E-state index in [1.54, 1.807) is 6.07 Å². The Morgan fingerprint density at radius 3 is 3.12 bits per heavy atom. The number of ether oxygens (including phenoxy) is 1. The van der Waals surface area contributed by atoms with Gasteiger partial charge in [-0.25, -0.2) is 4.98 Å². The van der Waals surface area contributed by atoms with E-state index in [4.69, 9.17) is 10.00 Å². The van der Waals surface area contributed by atoms with Crippen LogP contribution in [-0.4, -0.2) is 30.8 Å². The van der Waals surface area contributed by atoms with Crippen LogP contribution in [-0.2, 0) is 4.74 Å². The number of nitrogens with zero attached hydrogens (tertiary/aromatic N) is 3. The van der Waals surface area contributed by atoms with E-state index in [1.807, 2.05) is 13.0 Å². The maximum Gasteiger partial charge on any atom is 0.130 e. The SMILES string of the molecule is Cc1cc(C#N)cc(N2CCCOC(C)C2)n1. The molecule has 1 fully saturated rings. The number of anilines is 1. The van der Waals surface area contributed by atoms with Gasteiger partial charge in [0, 0.05) is 25.4 Å². The normalized spacial score (nSPS) is 20.8. The highest BCUT2D eigenvalue weighted by Gasteiger charge is 2.16. The highest BCUT2D eigenvalue weighted by atomic mass is 16.5. The standard InChI is InChI=1S/C13H17N3O/c1-10-6-12(8-14)7-13(15-10)16-4-3-5-17-11(2)9-16/h6-7,11H,3-5,9H2,1-2H3. The molecule has 1 saturated heterocycles. The summed E-state index contributed by atoms with van der Waals surface area (Å²) < 4.78 is 5.61. The van der Waals surface area contributed by atoms with Gasteiger partial charge in [-0.3, -0.25) is 0 Å². The number of rotatable bonds is 1. The molecular weight excluding hydrogens is 214 g/mol. The largest absolute Gasteiger partial charge is 0.377 e. The monoisotopic (exact) mass is 231 g/mol. The van der Waals surface area contributed by atoms with Gasteiger partial charge in [0.05, 0.1) is 17.7 Å². The summed E-state index contributed by atoms with van der Waals surface area (Å²) in [5.74, 6) is 0.888. The molecule has 1 aliphatic heterocycles. The van der Waals surface area contributed by atoms with Crippen LogP contribution in [0.25, 0.3) is 0 Å². The number of hydrogen-bond donors (Lipinski definition) is 0. The lowest BCUT2D eigenvalue weighted by Gasteiger charge is -2.23. The van der Waals surface area contributed by atoms with Crippen LogP contribution in [0, 0.1) is 18.3 Å². The van der Waals surface area contributed by atoms with Gasteiger partial charge in [0.1, 0.15) is 5.82 Å². The molecule has 1 unspecified atom stereocenters. The van der Waals surface area contributed by atoms with Gasteiger partial charge >= 0.3 is 0 Å². The van der Waals surface area contributed by atoms with Gasteiger partial charge in [-0.15, -0.1) is 0 Å². The zero-order chi connectivity index (χ0) is 12.3. The maximum atomic E-state index is 8.97. The number of nitriles is 1. The average Bonchev–Trinajstić information content (AvgIpc) is 2.53. The molecule has 0 saturated carbocycles. The molecule has 4 heteroatoms. The quantitative estimate of drug-likeness (QED) is 0.740. The van der Waals surface area contributed by atoms with Gasteiger partial charge < -0.3 is 9.64 Å². The van der Waals surface area contributed by atoms with Crippen molar-refractivity contribution in [3.05, 3.63) is 23.4 Å². The fourth-order valence-corrected chi connectivity index (χ4v) is 2.08. The summed E-state index contributed by atoms with van der Waals surface area (Å²) in [5.41, 5.74) is 1.56. The van der Waals surface area contributed by atoms with Crippen molar-refractivity contribution in [1.82, 2.24) is 4.98 Å². The van der Waals surface area contributed by atoms with Crippen molar-refractivity contribution in [2.45, 2.75) is 26.4 Å². The summed E-state index contributed by atoms with van der Waals surface area (Å²) in [6, 6.07) is 5.84. The smallest absolute Gasteiger partial charge is 0.130 e. The highest BCUT2D eigenvalue weighted by molar-refractivity contribution is 5.46. The topological polar surface area (TPSA) is 49.2 Å². The molecule has 0 amide bonds. The lowest BCUT2D eigenvalue weighted by atomic mass is 10.2. The van der Waals surface area contributed by atoms with Gasteiger partial charge in [-0.1, -0.05) is 0 Å². The zero-order valence-electron chi connectivity index (χ0n) is 10.3. The first kappa shape index (κ1) is 11.9. The fourth-order valence-electron chi connectivity index (χ4n) is 2.08. The van der Waals surface area contributed by atoms with Crippen molar-refractivity contribution in [3.63, 3.8) is 0 Å². The van der Waals surface area contributed by atoms with Gasteiger partial charge in [0.2, 0.25) is 0 Å². The molecule has 17 heavy (non-hydrogen) atoms. The molecule has 0 bridgehead atoms. The molecule has 2 rings (SSSR count). The van der Waals surface area contributed by atoms with Crippen molar-refractivity contribution in [1.29, 1.82) is 5.26 Å². The number of aryl methyl sites for hydroxylation is 1. The van der Waals surface area contributed by atoms with Gasteiger partial charge in [0.15, 0.2) is 0 Å². The van der Waals surface area contributed by atoms with Crippen molar-refractivity contribution >= 4 is 5.82 Å². The van der Waals surface area contributed by atoms with Crippen LogP contribution in [0.1, 0.15) is 24.6 Å². The Morgan fingerprint density at radius 2 is 2.35 bits per heavy atom. The zero-order valence-corrected chi connectivity index (χ0v) is 10.3. The van der Waals surface area contributed by atoms with E-state index in [9.17, 15) is 0 Å². The fraction of sp³-hybridized carbons (Fsp3) is 0.538. The Kier molecular flexibility index (Phi) is 3.60. The van der Waals surface area contributed by atoms with Crippen LogP contribution in [0.4, 0.5) is 5.82 Å². The Labute approximate surface area is 102 Å². The van der Waals surface area contributed by atoms with E-state index in [2.05, 4.69) is 22.9 Å².